The largest absolute Gasteiger partial charge is 0.508 e. The number of unbranched alkanes of at least 4 members (excludes halogenated alkanes) is 1. The Morgan fingerprint density at radius 3 is 2.67 bits per heavy atom. The van der Waals surface area contributed by atoms with Crippen molar-refractivity contribution in [2.24, 2.45) is 0 Å². The van der Waals surface area contributed by atoms with Gasteiger partial charge in [0.1, 0.15) is 5.76 Å². The fourth-order valence-corrected chi connectivity index (χ4v) is 0.467. The zero-order chi connectivity index (χ0) is 7.11. The van der Waals surface area contributed by atoms with E-state index in [1.165, 1.54) is 0 Å². The molecule has 0 aromatic carbocycles. The van der Waals surface area contributed by atoms with Crippen LogP contribution < -0.4 is 0 Å². The molecule has 1 N–H and O–H groups in total. The van der Waals surface area contributed by atoms with Crippen LogP contribution in [0.1, 0.15) is 26.7 Å². The van der Waals surface area contributed by atoms with Gasteiger partial charge in [-0.3, -0.25) is 0 Å². The van der Waals surface area contributed by atoms with Crippen LogP contribution in [0.2, 0.25) is 0 Å². The zero-order valence-corrected chi connectivity index (χ0v) is 6.09. The van der Waals surface area contributed by atoms with Crippen LogP contribution in [0, 0.1) is 0 Å². The van der Waals surface area contributed by atoms with Crippen LogP contribution in [-0.2, 0) is 0 Å². The summed E-state index contributed by atoms with van der Waals surface area (Å²) >= 11 is 0. The predicted octanol–water partition coefficient (Wildman–Crippen LogP) is 2.80. The van der Waals surface area contributed by atoms with E-state index in [9.17, 15) is 0 Å². The molecule has 0 aliphatic carbocycles. The first kappa shape index (κ1) is 8.28. The maximum atomic E-state index is 8.86. The molecule has 9 heavy (non-hydrogen) atoms. The van der Waals surface area contributed by atoms with E-state index in [1.54, 1.807) is 12.2 Å². The number of hydrogen-bond donors (Lipinski definition) is 1. The molecule has 52 valence electrons. The summed E-state index contributed by atoms with van der Waals surface area (Å²) in [4.78, 5) is 0. The van der Waals surface area contributed by atoms with Gasteiger partial charge in [-0.05, 0) is 25.5 Å². The normalized spacial score (nSPS) is 12.9. The highest BCUT2D eigenvalue weighted by atomic mass is 16.3. The maximum Gasteiger partial charge on any atom is 0.110 e. The van der Waals surface area contributed by atoms with Gasteiger partial charge < -0.3 is 5.11 Å². The smallest absolute Gasteiger partial charge is 0.110 e. The zero-order valence-electron chi connectivity index (χ0n) is 6.09. The molecule has 0 rings (SSSR count). The monoisotopic (exact) mass is 126 g/mol. The lowest BCUT2D eigenvalue weighted by Gasteiger charge is -1.86. The van der Waals surface area contributed by atoms with Crippen LogP contribution in [-0.4, -0.2) is 5.11 Å². The Hall–Kier alpha value is -0.720. The minimum Gasteiger partial charge on any atom is -0.508 e. The summed E-state index contributed by atoms with van der Waals surface area (Å²) in [5.41, 5.74) is 0. The highest BCUT2D eigenvalue weighted by Gasteiger charge is 1.77. The van der Waals surface area contributed by atoms with E-state index in [2.05, 4.69) is 6.92 Å². The number of rotatable bonds is 3. The van der Waals surface area contributed by atoms with E-state index >= 15 is 0 Å². The molecule has 0 radical (unpaired) electrons. The predicted molar refractivity (Wildman–Crippen MR) is 40.4 cm³/mol. The van der Waals surface area contributed by atoms with Crippen LogP contribution in [0.4, 0.5) is 0 Å². The molecule has 0 bridgehead atoms. The van der Waals surface area contributed by atoms with Gasteiger partial charge in [-0.2, -0.15) is 0 Å². The first-order valence-corrected chi connectivity index (χ1v) is 3.33. The van der Waals surface area contributed by atoms with E-state index < -0.39 is 0 Å². The minimum atomic E-state index is 0.350. The van der Waals surface area contributed by atoms with Gasteiger partial charge in [-0.15, -0.1) is 0 Å². The molecule has 0 unspecified atom stereocenters. The van der Waals surface area contributed by atoms with Crippen molar-refractivity contribution in [2.45, 2.75) is 26.7 Å². The molecule has 0 atom stereocenters. The second kappa shape index (κ2) is 5.42. The first-order valence-electron chi connectivity index (χ1n) is 3.33. The van der Waals surface area contributed by atoms with Gasteiger partial charge in [0.15, 0.2) is 0 Å². The first-order chi connectivity index (χ1) is 4.31. The van der Waals surface area contributed by atoms with Gasteiger partial charge >= 0.3 is 0 Å². The van der Waals surface area contributed by atoms with Crippen molar-refractivity contribution in [2.75, 3.05) is 0 Å². The lowest BCUT2D eigenvalue weighted by Crippen LogP contribution is -1.70. The quantitative estimate of drug-likeness (QED) is 0.455. The lowest BCUT2D eigenvalue weighted by atomic mass is 10.3. The highest BCUT2D eigenvalue weighted by Crippen LogP contribution is 1.93. The van der Waals surface area contributed by atoms with Crippen molar-refractivity contribution < 1.29 is 5.11 Å². The van der Waals surface area contributed by atoms with Crippen LogP contribution in [0.5, 0.6) is 0 Å². The van der Waals surface area contributed by atoms with Gasteiger partial charge in [0.25, 0.3) is 0 Å². The Kier molecular flexibility index (Phi) is 4.98. The summed E-state index contributed by atoms with van der Waals surface area (Å²) in [7, 11) is 0. The third-order valence-electron chi connectivity index (χ3n) is 1.04. The molecule has 0 heterocycles. The van der Waals surface area contributed by atoms with Crippen LogP contribution in [0.25, 0.3) is 0 Å². The van der Waals surface area contributed by atoms with E-state index in [1.807, 2.05) is 13.0 Å². The summed E-state index contributed by atoms with van der Waals surface area (Å²) in [5.74, 6) is 0.350. The van der Waals surface area contributed by atoms with Crippen molar-refractivity contribution in [3.8, 4) is 0 Å². The van der Waals surface area contributed by atoms with Gasteiger partial charge in [0.2, 0.25) is 0 Å². The van der Waals surface area contributed by atoms with Crippen molar-refractivity contribution in [3.63, 3.8) is 0 Å². The van der Waals surface area contributed by atoms with Gasteiger partial charge in [0.05, 0.1) is 0 Å². The molecule has 0 saturated heterocycles. The summed E-state index contributed by atoms with van der Waals surface area (Å²) < 4.78 is 0. The summed E-state index contributed by atoms with van der Waals surface area (Å²) in [6.07, 6.45) is 7.54. The summed E-state index contributed by atoms with van der Waals surface area (Å²) in [5, 5.41) is 8.86. The second-order valence-electron chi connectivity index (χ2n) is 1.90. The standard InChI is InChI=1S/C8H14O/c1-3-5-6-7-8(9)4-2/h4,6-7,9H,3,5H2,1-2H3/b7-6-,8-4+. The van der Waals surface area contributed by atoms with E-state index in [0.29, 0.717) is 5.76 Å². The maximum absolute atomic E-state index is 8.86. The van der Waals surface area contributed by atoms with Crippen molar-refractivity contribution in [3.05, 3.63) is 24.0 Å². The third-order valence-corrected chi connectivity index (χ3v) is 1.04. The molecular formula is C8H14O. The van der Waals surface area contributed by atoms with Crippen molar-refractivity contribution in [1.29, 1.82) is 0 Å². The van der Waals surface area contributed by atoms with Crippen LogP contribution in [0.3, 0.4) is 0 Å². The topological polar surface area (TPSA) is 20.2 Å². The van der Waals surface area contributed by atoms with E-state index in [4.69, 9.17) is 5.11 Å². The third kappa shape index (κ3) is 5.15. The molecule has 0 aromatic heterocycles. The molecule has 0 fully saturated rings. The second-order valence-corrected chi connectivity index (χ2v) is 1.90. The molecule has 0 saturated carbocycles. The minimum absolute atomic E-state index is 0.350. The van der Waals surface area contributed by atoms with Gasteiger partial charge in [0, 0.05) is 0 Å². The average Bonchev–Trinajstić information content (AvgIpc) is 1.89. The van der Waals surface area contributed by atoms with Crippen molar-refractivity contribution in [1.82, 2.24) is 0 Å². The Morgan fingerprint density at radius 1 is 1.56 bits per heavy atom. The summed E-state index contributed by atoms with van der Waals surface area (Å²) in [6, 6.07) is 0. The molecule has 0 spiro atoms. The Morgan fingerprint density at radius 2 is 2.22 bits per heavy atom. The fourth-order valence-electron chi connectivity index (χ4n) is 0.467. The molecule has 0 aliphatic heterocycles. The van der Waals surface area contributed by atoms with Crippen LogP contribution in [0.15, 0.2) is 24.0 Å². The average molecular weight is 126 g/mol. The molecule has 0 aromatic rings. The summed E-state index contributed by atoms with van der Waals surface area (Å²) in [6.45, 7) is 3.92. The SMILES string of the molecule is C/C=C(O)\C=C/CCC. The molecular weight excluding hydrogens is 112 g/mol. The highest BCUT2D eigenvalue weighted by molar-refractivity contribution is 5.08. The van der Waals surface area contributed by atoms with Gasteiger partial charge in [-0.1, -0.05) is 19.4 Å². The lowest BCUT2D eigenvalue weighted by molar-refractivity contribution is 0.431. The number of aliphatic hydroxyl groups is 1. The van der Waals surface area contributed by atoms with Crippen molar-refractivity contribution >= 4 is 0 Å². The number of aliphatic hydroxyl groups excluding tert-OH is 1. The number of hydrogen-bond acceptors (Lipinski definition) is 1. The molecule has 1 heteroatoms. The molecule has 1 nitrogen and oxygen atoms in total. The van der Waals surface area contributed by atoms with Crippen LogP contribution >= 0.6 is 0 Å². The van der Waals surface area contributed by atoms with E-state index in [-0.39, 0.29) is 0 Å². The Bertz CT molecular complexity index is 112. The Labute approximate surface area is 56.7 Å². The Balaban J connectivity index is 3.45. The van der Waals surface area contributed by atoms with E-state index in [0.717, 1.165) is 12.8 Å². The fraction of sp³-hybridized carbons (Fsp3) is 0.500. The number of allylic oxidation sites excluding steroid dienone is 3. The molecule has 0 amide bonds. The van der Waals surface area contributed by atoms with Gasteiger partial charge in [-0.25, -0.2) is 0 Å². The molecule has 0 aliphatic rings.